The minimum atomic E-state index is -0.547. The smallest absolute Gasteiger partial charge is 0.119 e. The normalized spacial score (nSPS) is 12.1. The predicted molar refractivity (Wildman–Crippen MR) is 81.1 cm³/mol. The van der Waals surface area contributed by atoms with Crippen molar-refractivity contribution < 1.29 is 9.84 Å². The second-order valence-electron chi connectivity index (χ2n) is 4.54. The zero-order chi connectivity index (χ0) is 14.2. The summed E-state index contributed by atoms with van der Waals surface area (Å²) in [6.07, 6.45) is -0.547. The number of rotatable bonds is 7. The molecule has 0 bridgehead atoms. The van der Waals surface area contributed by atoms with Gasteiger partial charge in [0.2, 0.25) is 0 Å². The van der Waals surface area contributed by atoms with Gasteiger partial charge in [0.15, 0.2) is 0 Å². The molecule has 2 aromatic rings. The highest BCUT2D eigenvalue weighted by Crippen LogP contribution is 2.15. The number of hydrogen-bond donors (Lipinski definition) is 2. The maximum Gasteiger partial charge on any atom is 0.119 e. The minimum absolute atomic E-state index is 0.253. The van der Waals surface area contributed by atoms with E-state index in [4.69, 9.17) is 16.3 Å². The highest BCUT2D eigenvalue weighted by atomic mass is 35.5. The number of ether oxygens (including phenoxy) is 1. The van der Waals surface area contributed by atoms with Crippen molar-refractivity contribution in [3.8, 4) is 5.75 Å². The Balaban J connectivity index is 1.65. The first-order valence-corrected chi connectivity index (χ1v) is 6.93. The molecule has 0 heterocycles. The van der Waals surface area contributed by atoms with Crippen molar-refractivity contribution in [3.63, 3.8) is 0 Å². The Morgan fingerprint density at radius 3 is 2.45 bits per heavy atom. The van der Waals surface area contributed by atoms with Gasteiger partial charge in [-0.05, 0) is 29.8 Å². The van der Waals surface area contributed by atoms with Crippen LogP contribution in [-0.2, 0) is 6.54 Å². The summed E-state index contributed by atoms with van der Waals surface area (Å²) < 4.78 is 5.48. The van der Waals surface area contributed by atoms with Crippen LogP contribution in [0.25, 0.3) is 0 Å². The fourth-order valence-corrected chi connectivity index (χ4v) is 1.89. The first-order valence-electron chi connectivity index (χ1n) is 6.55. The molecule has 0 aromatic heterocycles. The fourth-order valence-electron chi connectivity index (χ4n) is 1.76. The number of aliphatic hydroxyl groups is 1. The van der Waals surface area contributed by atoms with Gasteiger partial charge in [0.25, 0.3) is 0 Å². The predicted octanol–water partition coefficient (Wildman–Crippen LogP) is 2.87. The van der Waals surface area contributed by atoms with Crippen molar-refractivity contribution in [2.45, 2.75) is 12.6 Å². The lowest BCUT2D eigenvalue weighted by molar-refractivity contribution is 0.106. The van der Waals surface area contributed by atoms with Crippen LogP contribution < -0.4 is 10.1 Å². The molecule has 106 valence electrons. The fraction of sp³-hybridized carbons (Fsp3) is 0.250. The van der Waals surface area contributed by atoms with Crippen molar-refractivity contribution >= 4 is 11.6 Å². The molecule has 4 heteroatoms. The van der Waals surface area contributed by atoms with E-state index >= 15 is 0 Å². The van der Waals surface area contributed by atoms with E-state index in [1.165, 1.54) is 5.56 Å². The summed E-state index contributed by atoms with van der Waals surface area (Å²) >= 11 is 5.79. The van der Waals surface area contributed by atoms with E-state index in [0.29, 0.717) is 17.3 Å². The molecular formula is C16H18ClNO2. The molecule has 3 nitrogen and oxygen atoms in total. The quantitative estimate of drug-likeness (QED) is 0.824. The molecule has 0 unspecified atom stereocenters. The number of aliphatic hydroxyl groups excluding tert-OH is 1. The van der Waals surface area contributed by atoms with E-state index in [9.17, 15) is 5.11 Å². The molecule has 2 N–H and O–H groups in total. The van der Waals surface area contributed by atoms with Crippen molar-refractivity contribution in [2.75, 3.05) is 13.2 Å². The van der Waals surface area contributed by atoms with Gasteiger partial charge in [-0.3, -0.25) is 0 Å². The lowest BCUT2D eigenvalue weighted by atomic mass is 10.2. The Labute approximate surface area is 124 Å². The molecule has 0 saturated heterocycles. The van der Waals surface area contributed by atoms with Gasteiger partial charge in [0.1, 0.15) is 18.5 Å². The van der Waals surface area contributed by atoms with Crippen molar-refractivity contribution in [1.29, 1.82) is 0 Å². The van der Waals surface area contributed by atoms with Gasteiger partial charge in [0.05, 0.1) is 0 Å². The van der Waals surface area contributed by atoms with Gasteiger partial charge in [-0.1, -0.05) is 41.9 Å². The third kappa shape index (κ3) is 5.21. The van der Waals surface area contributed by atoms with Crippen molar-refractivity contribution in [3.05, 3.63) is 65.2 Å². The molecule has 0 radical (unpaired) electrons. The van der Waals surface area contributed by atoms with Crippen molar-refractivity contribution in [2.24, 2.45) is 0 Å². The Morgan fingerprint density at radius 2 is 1.75 bits per heavy atom. The molecule has 0 aliphatic carbocycles. The van der Waals surface area contributed by atoms with E-state index < -0.39 is 6.10 Å². The van der Waals surface area contributed by atoms with Crippen molar-refractivity contribution in [1.82, 2.24) is 5.32 Å². The first kappa shape index (κ1) is 14.9. The van der Waals surface area contributed by atoms with Gasteiger partial charge in [0, 0.05) is 18.1 Å². The second kappa shape index (κ2) is 7.90. The molecule has 0 aliphatic heterocycles. The van der Waals surface area contributed by atoms with Gasteiger partial charge in [-0.25, -0.2) is 0 Å². The number of nitrogens with one attached hydrogen (secondary N) is 1. The van der Waals surface area contributed by atoms with Crippen LogP contribution in [0, 0.1) is 0 Å². The highest BCUT2D eigenvalue weighted by Gasteiger charge is 2.05. The summed E-state index contributed by atoms with van der Waals surface area (Å²) in [7, 11) is 0. The molecule has 1 atom stereocenters. The van der Waals surface area contributed by atoms with Crippen LogP contribution in [0.5, 0.6) is 5.75 Å². The summed E-state index contributed by atoms with van der Waals surface area (Å²) in [5.74, 6) is 0.705. The number of benzene rings is 2. The van der Waals surface area contributed by atoms with E-state index in [1.54, 1.807) is 24.3 Å². The summed E-state index contributed by atoms with van der Waals surface area (Å²) in [4.78, 5) is 0. The van der Waals surface area contributed by atoms with Gasteiger partial charge >= 0.3 is 0 Å². The second-order valence-corrected chi connectivity index (χ2v) is 4.97. The third-order valence-electron chi connectivity index (χ3n) is 2.81. The average molecular weight is 292 g/mol. The first-order chi connectivity index (χ1) is 9.74. The molecule has 0 saturated carbocycles. The molecule has 2 rings (SSSR count). The summed E-state index contributed by atoms with van der Waals surface area (Å²) in [6, 6.07) is 17.2. The lowest BCUT2D eigenvalue weighted by Gasteiger charge is -2.13. The van der Waals surface area contributed by atoms with Crippen LogP contribution in [0.3, 0.4) is 0 Å². The SMILES string of the molecule is O[C@@H](CNCc1ccccc1)COc1ccc(Cl)cc1. The Kier molecular flexibility index (Phi) is 5.87. The van der Waals surface area contributed by atoms with Crippen LogP contribution in [0.1, 0.15) is 5.56 Å². The minimum Gasteiger partial charge on any atom is -0.491 e. The Hall–Kier alpha value is -1.55. The molecular weight excluding hydrogens is 274 g/mol. The maximum atomic E-state index is 9.83. The van der Waals surface area contributed by atoms with Crippen LogP contribution in [0.2, 0.25) is 5.02 Å². The summed E-state index contributed by atoms with van der Waals surface area (Å²) in [6.45, 7) is 1.48. The van der Waals surface area contributed by atoms with E-state index in [2.05, 4.69) is 5.32 Å². The third-order valence-corrected chi connectivity index (χ3v) is 3.06. The number of halogens is 1. The Bertz CT molecular complexity index is 502. The van der Waals surface area contributed by atoms with E-state index in [-0.39, 0.29) is 6.61 Å². The van der Waals surface area contributed by atoms with Crippen LogP contribution in [0.4, 0.5) is 0 Å². The van der Waals surface area contributed by atoms with Gasteiger partial charge < -0.3 is 15.2 Å². The summed E-state index contributed by atoms with van der Waals surface area (Å²) in [5.41, 5.74) is 1.19. The number of hydrogen-bond acceptors (Lipinski definition) is 3. The van der Waals surface area contributed by atoms with Crippen LogP contribution in [-0.4, -0.2) is 24.4 Å². The van der Waals surface area contributed by atoms with E-state index in [0.717, 1.165) is 6.54 Å². The van der Waals surface area contributed by atoms with E-state index in [1.807, 2.05) is 30.3 Å². The van der Waals surface area contributed by atoms with Crippen LogP contribution >= 0.6 is 11.6 Å². The summed E-state index contributed by atoms with van der Waals surface area (Å²) in [5, 5.41) is 13.7. The average Bonchev–Trinajstić information content (AvgIpc) is 2.48. The zero-order valence-electron chi connectivity index (χ0n) is 11.1. The molecule has 2 aromatic carbocycles. The molecule has 0 fully saturated rings. The highest BCUT2D eigenvalue weighted by molar-refractivity contribution is 6.30. The van der Waals surface area contributed by atoms with Gasteiger partial charge in [-0.15, -0.1) is 0 Å². The topological polar surface area (TPSA) is 41.5 Å². The molecule has 0 aliphatic rings. The van der Waals surface area contributed by atoms with Crippen LogP contribution in [0.15, 0.2) is 54.6 Å². The molecule has 0 amide bonds. The lowest BCUT2D eigenvalue weighted by Crippen LogP contribution is -2.31. The molecule has 0 spiro atoms. The Morgan fingerprint density at radius 1 is 1.05 bits per heavy atom. The maximum absolute atomic E-state index is 9.83. The zero-order valence-corrected chi connectivity index (χ0v) is 11.9. The monoisotopic (exact) mass is 291 g/mol. The molecule has 20 heavy (non-hydrogen) atoms. The van der Waals surface area contributed by atoms with Gasteiger partial charge in [-0.2, -0.15) is 0 Å². The standard InChI is InChI=1S/C16H18ClNO2/c17-14-6-8-16(9-7-14)20-12-15(19)11-18-10-13-4-2-1-3-5-13/h1-9,15,18-19H,10-12H2/t15-/m0/s1. The largest absolute Gasteiger partial charge is 0.491 e.